The second kappa shape index (κ2) is 12.4. The molecule has 2 N–H and O–H groups in total. The number of rotatable bonds is 7. The van der Waals surface area contributed by atoms with Crippen LogP contribution in [0.4, 0.5) is 0 Å². The number of likely N-dealkylation sites (tertiary alicyclic amines) is 2. The highest BCUT2D eigenvalue weighted by Crippen LogP contribution is 2.55. The van der Waals surface area contributed by atoms with Gasteiger partial charge in [0.05, 0.1) is 0 Å². The van der Waals surface area contributed by atoms with Crippen molar-refractivity contribution in [2.75, 3.05) is 40.8 Å². The fourth-order valence-electron chi connectivity index (χ4n) is 9.82. The molecule has 0 spiro atoms. The van der Waals surface area contributed by atoms with Crippen molar-refractivity contribution in [3.05, 3.63) is 69.8 Å². The van der Waals surface area contributed by atoms with Crippen LogP contribution in [0.3, 0.4) is 0 Å². The monoisotopic (exact) mass is 686 g/mol. The SMILES string of the molecule is CCCC12CN(C(=O)C3=Cc4cc(O)ccc4C4=C(C5CCCCC5)c5ccc(C(=O)NS(=O)(=O)N(C)C)cc5C(C)(C3)C4)CC1N(C)C2. The number of nitrogens with one attached hydrogen (secondary N) is 1. The topological polar surface area (TPSA) is 110 Å². The molecule has 2 heterocycles. The third-order valence-electron chi connectivity index (χ3n) is 12.1. The van der Waals surface area contributed by atoms with Crippen LogP contribution in [0.5, 0.6) is 5.75 Å². The van der Waals surface area contributed by atoms with Crippen molar-refractivity contribution >= 4 is 39.2 Å². The minimum Gasteiger partial charge on any atom is -0.508 e. The van der Waals surface area contributed by atoms with Crippen molar-refractivity contribution in [3.8, 4) is 5.75 Å². The molecule has 2 aromatic carbocycles. The Bertz CT molecular complexity index is 1870. The minimum absolute atomic E-state index is 0.0341. The lowest BCUT2D eigenvalue weighted by Gasteiger charge is -2.51. The summed E-state index contributed by atoms with van der Waals surface area (Å²) < 4.78 is 28.4. The van der Waals surface area contributed by atoms with Crippen LogP contribution in [0.1, 0.15) is 104 Å². The van der Waals surface area contributed by atoms with Crippen LogP contribution >= 0.6 is 0 Å². The zero-order valence-corrected chi connectivity index (χ0v) is 30.3. The lowest BCUT2D eigenvalue weighted by Crippen LogP contribution is -2.62. The van der Waals surface area contributed by atoms with E-state index in [-0.39, 0.29) is 22.6 Å². The number of phenols is 1. The molecule has 3 unspecified atom stereocenters. The number of likely N-dealkylation sites (N-methyl/N-ethyl adjacent to an activating group) is 1. The van der Waals surface area contributed by atoms with Crippen molar-refractivity contribution in [2.24, 2.45) is 11.3 Å². The molecule has 49 heavy (non-hydrogen) atoms. The van der Waals surface area contributed by atoms with E-state index in [0.717, 1.165) is 78.2 Å². The van der Waals surface area contributed by atoms with Crippen LogP contribution in [-0.2, 0) is 20.4 Å². The number of amides is 2. The number of benzene rings is 2. The van der Waals surface area contributed by atoms with E-state index in [9.17, 15) is 23.1 Å². The highest BCUT2D eigenvalue weighted by molar-refractivity contribution is 7.87. The molecule has 262 valence electrons. The Morgan fingerprint density at radius 1 is 1.02 bits per heavy atom. The number of hydrogen-bond donors (Lipinski definition) is 2. The van der Waals surface area contributed by atoms with Gasteiger partial charge in [-0.25, -0.2) is 4.72 Å². The van der Waals surface area contributed by atoms with Crippen molar-refractivity contribution in [1.82, 2.24) is 18.8 Å². The van der Waals surface area contributed by atoms with Gasteiger partial charge < -0.3 is 14.9 Å². The normalized spacial score (nSPS) is 27.0. The highest BCUT2D eigenvalue weighted by Gasteiger charge is 2.57. The lowest BCUT2D eigenvalue weighted by molar-refractivity contribution is -0.126. The zero-order chi connectivity index (χ0) is 34.9. The van der Waals surface area contributed by atoms with Gasteiger partial charge in [-0.15, -0.1) is 0 Å². The number of carbonyl (C=O) groups is 2. The van der Waals surface area contributed by atoms with Gasteiger partial charge in [-0.1, -0.05) is 51.7 Å². The van der Waals surface area contributed by atoms with Gasteiger partial charge in [0.1, 0.15) is 5.75 Å². The lowest BCUT2D eigenvalue weighted by atomic mass is 9.61. The fourth-order valence-corrected chi connectivity index (χ4v) is 10.4. The summed E-state index contributed by atoms with van der Waals surface area (Å²) in [7, 11) is 0.941. The predicted octanol–water partition coefficient (Wildman–Crippen LogP) is 5.81. The van der Waals surface area contributed by atoms with Gasteiger partial charge in [-0.3, -0.25) is 9.59 Å². The summed E-state index contributed by atoms with van der Waals surface area (Å²) in [4.78, 5) is 32.5. The van der Waals surface area contributed by atoms with Crippen molar-refractivity contribution < 1.29 is 23.1 Å². The molecule has 0 radical (unpaired) electrons. The number of phenolic OH excluding ortho intramolecular Hbond substituents is 1. The predicted molar refractivity (Wildman–Crippen MR) is 193 cm³/mol. The Balaban J connectivity index is 1.38. The molecule has 2 aromatic rings. The molecular weight excluding hydrogens is 637 g/mol. The maximum Gasteiger partial charge on any atom is 0.303 e. The summed E-state index contributed by atoms with van der Waals surface area (Å²) in [5.74, 6) is -0.122. The highest BCUT2D eigenvalue weighted by atomic mass is 32.2. The molecule has 7 rings (SSSR count). The second-order valence-corrected chi connectivity index (χ2v) is 17.7. The van der Waals surface area contributed by atoms with Crippen LogP contribution in [0, 0.1) is 11.3 Å². The van der Waals surface area contributed by atoms with E-state index in [1.807, 2.05) is 29.2 Å². The van der Waals surface area contributed by atoms with E-state index in [1.165, 1.54) is 31.7 Å². The minimum atomic E-state index is -3.98. The van der Waals surface area contributed by atoms with Gasteiger partial charge in [0, 0.05) is 61.7 Å². The Hall–Kier alpha value is -3.47. The van der Waals surface area contributed by atoms with Crippen LogP contribution < -0.4 is 4.72 Å². The second-order valence-electron chi connectivity index (χ2n) is 15.8. The zero-order valence-electron chi connectivity index (χ0n) is 29.5. The summed E-state index contributed by atoms with van der Waals surface area (Å²) in [5.41, 5.74) is 7.07. The first kappa shape index (κ1) is 34.0. The van der Waals surface area contributed by atoms with E-state index < -0.39 is 21.5 Å². The summed E-state index contributed by atoms with van der Waals surface area (Å²) in [6.45, 7) is 6.85. The van der Waals surface area contributed by atoms with Gasteiger partial charge in [0.2, 0.25) is 5.91 Å². The molecule has 2 bridgehead atoms. The molecule has 9 nitrogen and oxygen atoms in total. The van der Waals surface area contributed by atoms with Crippen LogP contribution in [0.2, 0.25) is 0 Å². The third-order valence-corrected chi connectivity index (χ3v) is 13.5. The molecule has 0 aromatic heterocycles. The van der Waals surface area contributed by atoms with Gasteiger partial charge in [0.15, 0.2) is 0 Å². The first-order valence-corrected chi connectivity index (χ1v) is 19.4. The average molecular weight is 687 g/mol. The summed E-state index contributed by atoms with van der Waals surface area (Å²) in [6, 6.07) is 11.5. The Labute approximate surface area is 291 Å². The first-order valence-electron chi connectivity index (χ1n) is 17.9. The first-order chi connectivity index (χ1) is 23.2. The molecule has 2 saturated heterocycles. The summed E-state index contributed by atoms with van der Waals surface area (Å²) in [6.07, 6.45) is 11.0. The molecule has 3 aliphatic carbocycles. The molecule has 5 aliphatic rings. The third kappa shape index (κ3) is 5.83. The quantitative estimate of drug-likeness (QED) is 0.381. The molecule has 10 heteroatoms. The Kier molecular flexibility index (Phi) is 8.60. The van der Waals surface area contributed by atoms with E-state index in [4.69, 9.17) is 0 Å². The largest absolute Gasteiger partial charge is 0.508 e. The summed E-state index contributed by atoms with van der Waals surface area (Å²) >= 11 is 0. The molecule has 3 atom stereocenters. The molecule has 3 fully saturated rings. The fraction of sp³-hybridized carbons (Fsp3) is 0.538. The van der Waals surface area contributed by atoms with Crippen molar-refractivity contribution in [3.63, 3.8) is 0 Å². The molecule has 1 saturated carbocycles. The van der Waals surface area contributed by atoms with Crippen LogP contribution in [0.15, 0.2) is 42.0 Å². The smallest absolute Gasteiger partial charge is 0.303 e. The van der Waals surface area contributed by atoms with Gasteiger partial charge in [0.25, 0.3) is 5.91 Å². The number of allylic oxidation sites excluding steroid dienone is 2. The van der Waals surface area contributed by atoms with Crippen LogP contribution in [-0.4, -0.2) is 86.3 Å². The van der Waals surface area contributed by atoms with Gasteiger partial charge in [-0.05, 0) is 109 Å². The molecule has 2 aliphatic heterocycles. The number of carbonyl (C=O) groups excluding carboxylic acids is 2. The van der Waals surface area contributed by atoms with Crippen molar-refractivity contribution in [1.29, 1.82) is 0 Å². The average Bonchev–Trinajstić information content (AvgIpc) is 3.35. The van der Waals surface area contributed by atoms with Crippen LogP contribution in [0.25, 0.3) is 17.2 Å². The summed E-state index contributed by atoms with van der Waals surface area (Å²) in [5, 5.41) is 10.7. The van der Waals surface area contributed by atoms with Gasteiger partial charge >= 0.3 is 10.2 Å². The Morgan fingerprint density at radius 2 is 1.76 bits per heavy atom. The maximum atomic E-state index is 14.7. The molecule has 2 amide bonds. The van der Waals surface area contributed by atoms with E-state index in [0.29, 0.717) is 36.9 Å². The number of hydrogen-bond acceptors (Lipinski definition) is 6. The molecular formula is C39H50N4O5S. The number of aromatic hydroxyl groups is 1. The van der Waals surface area contributed by atoms with Crippen molar-refractivity contribution in [2.45, 2.75) is 83.1 Å². The Morgan fingerprint density at radius 3 is 2.45 bits per heavy atom. The maximum absolute atomic E-state index is 14.7. The van der Waals surface area contributed by atoms with Gasteiger partial charge in [-0.2, -0.15) is 12.7 Å². The standard InChI is InChI=1S/C39H50N4O5S/c1-6-16-39-23-42(5)34(39)22-43(24-39)37(46)28-17-27-18-29(44)13-15-30(27)32-21-38(2,20-28)33-19-26(36(45)40-49(47,48)41(3)4)12-14-31(33)35(32)25-10-8-7-9-11-25/h12-15,17-19,25,34,44H,6-11,16,20-24H2,1-5H3,(H,40,45). The number of nitrogens with zero attached hydrogens (tertiary/aromatic N) is 3. The van der Waals surface area contributed by atoms with E-state index in [2.05, 4.69) is 30.5 Å². The van der Waals surface area contributed by atoms with E-state index in [1.54, 1.807) is 18.2 Å². The van der Waals surface area contributed by atoms with E-state index >= 15 is 0 Å². The number of fused-ring (bicyclic) bond motifs is 7.